The van der Waals surface area contributed by atoms with Crippen LogP contribution in [-0.4, -0.2) is 58.4 Å². The van der Waals surface area contributed by atoms with Crippen LogP contribution < -0.4 is 10.2 Å². The molecule has 1 aromatic carbocycles. The van der Waals surface area contributed by atoms with E-state index in [0.717, 1.165) is 25.7 Å². The van der Waals surface area contributed by atoms with Crippen molar-refractivity contribution in [3.8, 4) is 0 Å². The van der Waals surface area contributed by atoms with Crippen molar-refractivity contribution in [2.24, 2.45) is 16.7 Å². The monoisotopic (exact) mass is 545 g/mol. The maximum atomic E-state index is 14.1. The molecule has 8 nitrogen and oxygen atoms in total. The third-order valence-corrected chi connectivity index (χ3v) is 9.03. The van der Waals surface area contributed by atoms with Gasteiger partial charge in [0.05, 0.1) is 0 Å². The van der Waals surface area contributed by atoms with E-state index in [1.54, 1.807) is 29.2 Å². The molecule has 3 amide bonds. The Hall–Kier alpha value is -2.61. The Morgan fingerprint density at radius 1 is 1.18 bits per heavy atom. The predicted molar refractivity (Wildman–Crippen MR) is 146 cm³/mol. The molecule has 9 heteroatoms. The highest BCUT2D eigenvalue weighted by atomic mass is 35.5. The Kier molecular flexibility index (Phi) is 8.12. The smallest absolute Gasteiger partial charge is 0.326 e. The van der Waals surface area contributed by atoms with Gasteiger partial charge < -0.3 is 20.2 Å². The quantitative estimate of drug-likeness (QED) is 0.541. The number of carbonyl (C=O) groups is 4. The van der Waals surface area contributed by atoms with Gasteiger partial charge in [-0.1, -0.05) is 57.7 Å². The van der Waals surface area contributed by atoms with E-state index in [1.807, 2.05) is 27.7 Å². The number of amides is 3. The highest BCUT2D eigenvalue weighted by Crippen LogP contribution is 2.49. The van der Waals surface area contributed by atoms with E-state index in [9.17, 15) is 24.3 Å². The summed E-state index contributed by atoms with van der Waals surface area (Å²) >= 11 is 6.16. The Morgan fingerprint density at radius 3 is 2.47 bits per heavy atom. The molecule has 2 unspecified atom stereocenters. The summed E-state index contributed by atoms with van der Waals surface area (Å²) < 4.78 is 0. The van der Waals surface area contributed by atoms with E-state index in [1.165, 1.54) is 11.3 Å². The van der Waals surface area contributed by atoms with E-state index in [-0.39, 0.29) is 24.7 Å². The second-order valence-electron chi connectivity index (χ2n) is 12.6. The number of carboxylic acids is 1. The summed E-state index contributed by atoms with van der Waals surface area (Å²) in [7, 11) is 0. The number of nitrogens with one attached hydrogen (secondary N) is 1. The van der Waals surface area contributed by atoms with Crippen molar-refractivity contribution in [3.63, 3.8) is 0 Å². The Bertz CT molecular complexity index is 1100. The summed E-state index contributed by atoms with van der Waals surface area (Å²) in [6.07, 6.45) is 6.18. The number of likely N-dealkylation sites (tertiary alicyclic amines) is 1. The number of rotatable bonds is 6. The first kappa shape index (κ1) is 28.4. The fourth-order valence-corrected chi connectivity index (χ4v) is 6.78. The normalized spacial score (nSPS) is 27.1. The lowest BCUT2D eigenvalue weighted by Crippen LogP contribution is -2.59. The van der Waals surface area contributed by atoms with Gasteiger partial charge in [0.2, 0.25) is 17.7 Å². The van der Waals surface area contributed by atoms with Crippen LogP contribution in [0.2, 0.25) is 5.02 Å². The molecule has 2 saturated heterocycles. The lowest BCUT2D eigenvalue weighted by Gasteiger charge is -2.38. The molecule has 1 spiro atoms. The van der Waals surface area contributed by atoms with E-state index < -0.39 is 40.8 Å². The summed E-state index contributed by atoms with van der Waals surface area (Å²) in [6, 6.07) is 4.56. The molecular formula is C29H40ClN3O5. The van der Waals surface area contributed by atoms with Crippen LogP contribution in [-0.2, 0) is 19.2 Å². The first-order valence-electron chi connectivity index (χ1n) is 13.7. The van der Waals surface area contributed by atoms with Crippen molar-refractivity contribution >= 4 is 41.0 Å². The highest BCUT2D eigenvalue weighted by Gasteiger charge is 2.60. The first-order chi connectivity index (χ1) is 17.8. The molecule has 0 bridgehead atoms. The number of hydrogen-bond donors (Lipinski definition) is 2. The summed E-state index contributed by atoms with van der Waals surface area (Å²) in [5, 5.41) is 13.6. The van der Waals surface area contributed by atoms with Crippen LogP contribution in [0.1, 0.15) is 79.1 Å². The molecule has 4 atom stereocenters. The van der Waals surface area contributed by atoms with Gasteiger partial charge in [0.1, 0.15) is 12.1 Å². The van der Waals surface area contributed by atoms with Gasteiger partial charge in [0, 0.05) is 41.6 Å². The Balaban J connectivity index is 1.57. The minimum Gasteiger partial charge on any atom is -0.480 e. The summed E-state index contributed by atoms with van der Waals surface area (Å²) in [5.41, 5.74) is -0.686. The molecule has 2 aliphatic heterocycles. The maximum absolute atomic E-state index is 14.1. The van der Waals surface area contributed by atoms with Crippen LogP contribution in [0, 0.1) is 16.7 Å². The van der Waals surface area contributed by atoms with E-state index in [0.29, 0.717) is 29.6 Å². The lowest BCUT2D eigenvalue weighted by molar-refractivity contribution is -0.152. The largest absolute Gasteiger partial charge is 0.480 e. The van der Waals surface area contributed by atoms with Gasteiger partial charge >= 0.3 is 5.97 Å². The molecule has 1 aliphatic carbocycles. The zero-order valence-corrected chi connectivity index (χ0v) is 23.6. The van der Waals surface area contributed by atoms with Crippen molar-refractivity contribution in [3.05, 3.63) is 29.3 Å². The topological polar surface area (TPSA) is 107 Å². The van der Waals surface area contributed by atoms with Crippen molar-refractivity contribution in [1.82, 2.24) is 10.2 Å². The van der Waals surface area contributed by atoms with Gasteiger partial charge in [-0.05, 0) is 55.7 Å². The Morgan fingerprint density at radius 2 is 1.87 bits per heavy atom. The minimum atomic E-state index is -1.10. The van der Waals surface area contributed by atoms with Gasteiger partial charge in [0.15, 0.2) is 0 Å². The zero-order valence-electron chi connectivity index (χ0n) is 22.8. The third kappa shape index (κ3) is 5.70. The Labute approximate surface area is 230 Å². The van der Waals surface area contributed by atoms with Crippen molar-refractivity contribution in [1.29, 1.82) is 0 Å². The average molecular weight is 546 g/mol. The molecule has 0 aromatic heterocycles. The van der Waals surface area contributed by atoms with Crippen LogP contribution in [0.3, 0.4) is 0 Å². The second kappa shape index (κ2) is 10.9. The van der Waals surface area contributed by atoms with Gasteiger partial charge in [-0.3, -0.25) is 14.4 Å². The van der Waals surface area contributed by atoms with Crippen LogP contribution in [0.15, 0.2) is 24.3 Å². The number of nitrogens with zero attached hydrogens (tertiary/aromatic N) is 2. The number of hydrogen-bond acceptors (Lipinski definition) is 4. The molecule has 0 radical (unpaired) electrons. The number of carbonyl (C=O) groups excluding carboxylic acids is 3. The van der Waals surface area contributed by atoms with Crippen molar-refractivity contribution < 1.29 is 24.3 Å². The molecule has 1 aromatic rings. The standard InChI is InChI=1S/C29H40ClN3O5/c1-18-29(16-24(35)32(17-29)21-12-8-11-20(30)14-21)15-22(27(37)38)33(18)26(36)25(28(2,3)4)31-23(34)13-19-9-6-5-7-10-19/h8,11-12,14,18-19,22,25H,5-7,9-10,13,15-17H2,1-4H3,(H,31,34)(H,37,38)/t18?,22-,25?,29+/m0/s1. The first-order valence-corrected chi connectivity index (χ1v) is 14.1. The van der Waals surface area contributed by atoms with Gasteiger partial charge in [-0.2, -0.15) is 0 Å². The van der Waals surface area contributed by atoms with Gasteiger partial charge in [0.25, 0.3) is 0 Å². The molecule has 3 aliphatic rings. The van der Waals surface area contributed by atoms with Crippen LogP contribution in [0.5, 0.6) is 0 Å². The summed E-state index contributed by atoms with van der Waals surface area (Å²) in [6.45, 7) is 7.77. The minimum absolute atomic E-state index is 0.120. The number of anilines is 1. The third-order valence-electron chi connectivity index (χ3n) is 8.79. The SMILES string of the molecule is CC1N(C(=O)C(NC(=O)CC2CCCCC2)C(C)(C)C)[C@H](C(=O)O)C[C@]12CC(=O)N(c1cccc(Cl)c1)C2. The van der Waals surface area contributed by atoms with E-state index in [2.05, 4.69) is 5.32 Å². The lowest BCUT2D eigenvalue weighted by atomic mass is 9.79. The highest BCUT2D eigenvalue weighted by molar-refractivity contribution is 6.31. The van der Waals surface area contributed by atoms with Crippen molar-refractivity contribution in [2.75, 3.05) is 11.4 Å². The second-order valence-corrected chi connectivity index (χ2v) is 13.0. The number of aliphatic carboxylic acids is 1. The van der Waals surface area contributed by atoms with Gasteiger partial charge in [-0.15, -0.1) is 0 Å². The molecule has 3 fully saturated rings. The number of halogens is 1. The molecule has 1 saturated carbocycles. The predicted octanol–water partition coefficient (Wildman–Crippen LogP) is 4.64. The van der Waals surface area contributed by atoms with E-state index >= 15 is 0 Å². The zero-order chi connectivity index (χ0) is 27.8. The van der Waals surface area contributed by atoms with Crippen LogP contribution in [0.4, 0.5) is 5.69 Å². The molecular weight excluding hydrogens is 506 g/mol. The average Bonchev–Trinajstić information content (AvgIpc) is 3.33. The fourth-order valence-electron chi connectivity index (χ4n) is 6.59. The van der Waals surface area contributed by atoms with Crippen LogP contribution in [0.25, 0.3) is 0 Å². The maximum Gasteiger partial charge on any atom is 0.326 e. The van der Waals surface area contributed by atoms with E-state index in [4.69, 9.17) is 11.6 Å². The van der Waals surface area contributed by atoms with Crippen molar-refractivity contribution in [2.45, 2.75) is 97.2 Å². The molecule has 38 heavy (non-hydrogen) atoms. The molecule has 2 heterocycles. The molecule has 208 valence electrons. The number of carboxylic acid groups (broad SMARTS) is 1. The summed E-state index contributed by atoms with van der Waals surface area (Å²) in [5.74, 6) is -1.47. The molecule has 4 rings (SSSR count). The number of benzene rings is 1. The fraction of sp³-hybridized carbons (Fsp3) is 0.655. The van der Waals surface area contributed by atoms with Gasteiger partial charge in [-0.25, -0.2) is 4.79 Å². The summed E-state index contributed by atoms with van der Waals surface area (Å²) in [4.78, 5) is 55.8. The van der Waals surface area contributed by atoms with Crippen LogP contribution >= 0.6 is 11.6 Å². The molecule has 2 N–H and O–H groups in total.